The Kier molecular flexibility index (Phi) is 7.52. The first-order valence-electron chi connectivity index (χ1n) is 10.9. The summed E-state index contributed by atoms with van der Waals surface area (Å²) in [7, 11) is 0. The van der Waals surface area contributed by atoms with Crippen molar-refractivity contribution in [3.05, 3.63) is 80.8 Å². The minimum Gasteiger partial charge on any atom is -0.486 e. The van der Waals surface area contributed by atoms with Crippen molar-refractivity contribution in [1.82, 2.24) is 15.2 Å². The van der Waals surface area contributed by atoms with E-state index in [1.54, 1.807) is 0 Å². The van der Waals surface area contributed by atoms with Gasteiger partial charge in [-0.3, -0.25) is 9.69 Å². The molecule has 32 heavy (non-hydrogen) atoms. The van der Waals surface area contributed by atoms with Gasteiger partial charge in [-0.2, -0.15) is 0 Å². The van der Waals surface area contributed by atoms with Crippen molar-refractivity contribution in [3.63, 3.8) is 0 Å². The molecule has 2 heterocycles. The highest BCUT2D eigenvalue weighted by atomic mass is 32.1. The maximum Gasteiger partial charge on any atom is 0.263 e. The van der Waals surface area contributed by atoms with E-state index in [-0.39, 0.29) is 5.91 Å². The number of hydrogen-bond acceptors (Lipinski definition) is 6. The number of aromatic nitrogens is 1. The fourth-order valence-corrected chi connectivity index (χ4v) is 4.54. The number of nitrogens with zero attached hydrogens (tertiary/aromatic N) is 2. The molecule has 0 spiro atoms. The van der Waals surface area contributed by atoms with Crippen LogP contribution in [0, 0.1) is 13.8 Å². The number of thiazole rings is 1. The van der Waals surface area contributed by atoms with Crippen molar-refractivity contribution < 1.29 is 14.3 Å². The van der Waals surface area contributed by atoms with Crippen molar-refractivity contribution in [2.45, 2.75) is 33.5 Å². The fraction of sp³-hybridized carbons (Fsp3) is 0.360. The fourth-order valence-electron chi connectivity index (χ4n) is 3.64. The molecule has 1 saturated heterocycles. The van der Waals surface area contributed by atoms with E-state index in [1.807, 2.05) is 44.2 Å². The first kappa shape index (κ1) is 22.5. The molecule has 0 aliphatic carbocycles. The molecule has 0 saturated carbocycles. The summed E-state index contributed by atoms with van der Waals surface area (Å²) in [6.07, 6.45) is 0. The lowest BCUT2D eigenvalue weighted by atomic mass is 10.1. The Bertz CT molecular complexity index is 1040. The van der Waals surface area contributed by atoms with Crippen LogP contribution in [0.15, 0.2) is 48.5 Å². The van der Waals surface area contributed by atoms with Gasteiger partial charge in [0, 0.05) is 26.2 Å². The number of morpholine rings is 1. The highest BCUT2D eigenvalue weighted by molar-refractivity contribution is 7.13. The molecule has 4 rings (SSSR count). The Morgan fingerprint density at radius 3 is 2.56 bits per heavy atom. The maximum absolute atomic E-state index is 12.9. The molecule has 1 aliphatic rings. The zero-order valence-electron chi connectivity index (χ0n) is 18.6. The van der Waals surface area contributed by atoms with E-state index in [0.717, 1.165) is 54.9 Å². The normalized spacial score (nSPS) is 14.3. The third-order valence-corrected chi connectivity index (χ3v) is 6.62. The van der Waals surface area contributed by atoms with E-state index in [9.17, 15) is 4.79 Å². The summed E-state index contributed by atoms with van der Waals surface area (Å²) >= 11 is 1.39. The first-order valence-corrected chi connectivity index (χ1v) is 11.7. The minimum absolute atomic E-state index is 0.0947. The third-order valence-electron chi connectivity index (χ3n) is 5.49. The Morgan fingerprint density at radius 2 is 1.81 bits per heavy atom. The average molecular weight is 452 g/mol. The van der Waals surface area contributed by atoms with Gasteiger partial charge in [0.05, 0.1) is 18.9 Å². The van der Waals surface area contributed by atoms with Crippen LogP contribution in [0.2, 0.25) is 0 Å². The molecule has 1 fully saturated rings. The van der Waals surface area contributed by atoms with Gasteiger partial charge in [-0.25, -0.2) is 4.98 Å². The van der Waals surface area contributed by atoms with E-state index >= 15 is 0 Å². The van der Waals surface area contributed by atoms with Crippen molar-refractivity contribution >= 4 is 17.2 Å². The van der Waals surface area contributed by atoms with Gasteiger partial charge in [0.25, 0.3) is 5.91 Å². The van der Waals surface area contributed by atoms with Crippen LogP contribution < -0.4 is 10.1 Å². The summed E-state index contributed by atoms with van der Waals surface area (Å²) in [4.78, 5) is 20.4. The van der Waals surface area contributed by atoms with Gasteiger partial charge in [-0.05, 0) is 37.1 Å². The molecule has 6 nitrogen and oxygen atoms in total. The van der Waals surface area contributed by atoms with Crippen LogP contribution in [0.25, 0.3) is 0 Å². The van der Waals surface area contributed by atoms with Crippen LogP contribution in [-0.4, -0.2) is 42.1 Å². The quantitative estimate of drug-likeness (QED) is 0.559. The first-order chi connectivity index (χ1) is 15.6. The Morgan fingerprint density at radius 1 is 1.09 bits per heavy atom. The summed E-state index contributed by atoms with van der Waals surface area (Å²) in [6, 6.07) is 16.2. The van der Waals surface area contributed by atoms with Gasteiger partial charge in [-0.1, -0.05) is 42.0 Å². The number of carbonyl (C=O) groups is 1. The van der Waals surface area contributed by atoms with E-state index in [0.29, 0.717) is 18.0 Å². The molecule has 168 valence electrons. The maximum atomic E-state index is 12.9. The van der Waals surface area contributed by atoms with Crippen LogP contribution in [0.5, 0.6) is 5.75 Å². The SMILES string of the molecule is Cc1ccc(OCc2nc(C)c(C(=O)NCc3ccccc3CN3CCOCC3)s2)cc1. The zero-order valence-corrected chi connectivity index (χ0v) is 19.4. The van der Waals surface area contributed by atoms with Crippen molar-refractivity contribution in [2.75, 3.05) is 26.3 Å². The van der Waals surface area contributed by atoms with Gasteiger partial charge < -0.3 is 14.8 Å². The van der Waals surface area contributed by atoms with Crippen LogP contribution in [0.3, 0.4) is 0 Å². The highest BCUT2D eigenvalue weighted by Crippen LogP contribution is 2.21. The van der Waals surface area contributed by atoms with Crippen molar-refractivity contribution in [1.29, 1.82) is 0 Å². The number of aryl methyl sites for hydroxylation is 2. The molecule has 7 heteroatoms. The molecule has 0 unspecified atom stereocenters. The van der Waals surface area contributed by atoms with Crippen LogP contribution in [0.4, 0.5) is 0 Å². The molecule has 2 aromatic carbocycles. The summed E-state index contributed by atoms with van der Waals surface area (Å²) in [5.41, 5.74) is 4.30. The second kappa shape index (κ2) is 10.7. The Labute approximate surface area is 193 Å². The number of carbonyl (C=O) groups excluding carboxylic acids is 1. The highest BCUT2D eigenvalue weighted by Gasteiger charge is 2.17. The third kappa shape index (κ3) is 5.94. The summed E-state index contributed by atoms with van der Waals surface area (Å²) in [5.74, 6) is 0.703. The summed E-state index contributed by atoms with van der Waals surface area (Å²) in [5, 5.41) is 3.87. The van der Waals surface area contributed by atoms with Crippen LogP contribution in [0.1, 0.15) is 37.1 Å². The van der Waals surface area contributed by atoms with Gasteiger partial charge in [0.1, 0.15) is 22.2 Å². The molecule has 3 aromatic rings. The lowest BCUT2D eigenvalue weighted by Crippen LogP contribution is -2.36. The molecule has 1 N–H and O–H groups in total. The molecule has 1 amide bonds. The number of rotatable bonds is 8. The Hall–Kier alpha value is -2.74. The van der Waals surface area contributed by atoms with E-state index in [2.05, 4.69) is 33.4 Å². The second-order valence-electron chi connectivity index (χ2n) is 7.96. The van der Waals surface area contributed by atoms with E-state index < -0.39 is 0 Å². The van der Waals surface area contributed by atoms with E-state index in [4.69, 9.17) is 9.47 Å². The smallest absolute Gasteiger partial charge is 0.263 e. The number of benzene rings is 2. The number of nitrogens with one attached hydrogen (secondary N) is 1. The summed E-state index contributed by atoms with van der Waals surface area (Å²) in [6.45, 7) is 9.06. The Balaban J connectivity index is 1.35. The predicted molar refractivity (Wildman–Crippen MR) is 126 cm³/mol. The van der Waals surface area contributed by atoms with Gasteiger partial charge in [0.2, 0.25) is 0 Å². The van der Waals surface area contributed by atoms with Gasteiger partial charge in [-0.15, -0.1) is 11.3 Å². The van der Waals surface area contributed by atoms with Crippen LogP contribution >= 0.6 is 11.3 Å². The largest absolute Gasteiger partial charge is 0.486 e. The van der Waals surface area contributed by atoms with Gasteiger partial charge >= 0.3 is 0 Å². The minimum atomic E-state index is -0.0947. The average Bonchev–Trinajstić information content (AvgIpc) is 3.19. The van der Waals surface area contributed by atoms with Gasteiger partial charge in [0.15, 0.2) is 0 Å². The number of hydrogen-bond donors (Lipinski definition) is 1. The number of ether oxygens (including phenoxy) is 2. The second-order valence-corrected chi connectivity index (χ2v) is 9.05. The van der Waals surface area contributed by atoms with E-state index in [1.165, 1.54) is 22.5 Å². The monoisotopic (exact) mass is 451 g/mol. The molecule has 1 aliphatic heterocycles. The predicted octanol–water partition coefficient (Wildman–Crippen LogP) is 4.10. The van der Waals surface area contributed by atoms with Crippen molar-refractivity contribution in [2.24, 2.45) is 0 Å². The zero-order chi connectivity index (χ0) is 22.3. The molecule has 0 bridgehead atoms. The van der Waals surface area contributed by atoms with Crippen LogP contribution in [-0.2, 0) is 24.4 Å². The topological polar surface area (TPSA) is 63.7 Å². The van der Waals surface area contributed by atoms with Crippen molar-refractivity contribution in [3.8, 4) is 5.75 Å². The molecular weight excluding hydrogens is 422 g/mol. The standard InChI is InChI=1S/C25H29N3O3S/c1-18-7-9-22(10-8-18)31-17-23-27-19(2)24(32-23)25(29)26-15-20-5-3-4-6-21(20)16-28-11-13-30-14-12-28/h3-10H,11-17H2,1-2H3,(H,26,29). The molecule has 0 atom stereocenters. The summed E-state index contributed by atoms with van der Waals surface area (Å²) < 4.78 is 11.3. The lowest BCUT2D eigenvalue weighted by molar-refractivity contribution is 0.0340. The molecular formula is C25H29N3O3S. The lowest BCUT2D eigenvalue weighted by Gasteiger charge is -2.27. The molecule has 1 aromatic heterocycles. The number of amides is 1. The molecule has 0 radical (unpaired) electrons.